The summed E-state index contributed by atoms with van der Waals surface area (Å²) in [6, 6.07) is 0. The van der Waals surface area contributed by atoms with Crippen LogP contribution in [0.5, 0.6) is 0 Å². The number of rotatable bonds is 11. The van der Waals surface area contributed by atoms with Crippen molar-refractivity contribution < 1.29 is 61.9 Å². The minimum atomic E-state index is -1.50. The van der Waals surface area contributed by atoms with Crippen molar-refractivity contribution in [3.8, 4) is 0 Å². The second-order valence-corrected chi connectivity index (χ2v) is 10.9. The maximum atomic E-state index is 12.9. The Labute approximate surface area is 265 Å². The summed E-state index contributed by atoms with van der Waals surface area (Å²) in [6.45, 7) is 8.78. The molecule has 46 heavy (non-hydrogen) atoms. The van der Waals surface area contributed by atoms with Gasteiger partial charge in [-0.25, -0.2) is 9.78 Å². The summed E-state index contributed by atoms with van der Waals surface area (Å²) in [7, 11) is 1.26. The first kappa shape index (κ1) is 34.6. The molecule has 1 fully saturated rings. The van der Waals surface area contributed by atoms with Crippen molar-refractivity contribution in [3.05, 3.63) is 42.7 Å². The van der Waals surface area contributed by atoms with E-state index in [2.05, 4.69) is 16.9 Å². The van der Waals surface area contributed by atoms with Crippen molar-refractivity contribution in [2.24, 2.45) is 11.8 Å². The zero-order valence-electron chi connectivity index (χ0n) is 26.2. The zero-order valence-corrected chi connectivity index (χ0v) is 26.2. The molecule has 0 unspecified atom stereocenters. The highest BCUT2D eigenvalue weighted by molar-refractivity contribution is 5.89. The van der Waals surface area contributed by atoms with Gasteiger partial charge in [0.1, 0.15) is 12.7 Å². The Balaban J connectivity index is 1.69. The Morgan fingerprint density at radius 1 is 1.00 bits per heavy atom. The van der Waals surface area contributed by atoms with Crippen LogP contribution in [0.15, 0.2) is 37.0 Å². The number of aromatic nitrogens is 2. The standard InChI is InChI=1S/C30H39N3O13/c1-7-20-21(10-24-32-9-8-19-11-31-14-33(19)24)22(28(38)39-6)12-41-29(20)46-30-27(44-18(5)37)26(43-17(4)36)25(42-16(3)35)23(45-30)13-40-15(2)34/h7,11-12,14,20-21,23-27,29-30,32H,1,8-10,13H2,2-6H3/t20-,21+,23-,24-,25-,26+,27-,29+,30+/m1/s1. The van der Waals surface area contributed by atoms with Crippen molar-refractivity contribution in [1.82, 2.24) is 14.9 Å². The smallest absolute Gasteiger partial charge is 0.337 e. The molecule has 3 aliphatic rings. The van der Waals surface area contributed by atoms with Crippen LogP contribution in [0.4, 0.5) is 0 Å². The van der Waals surface area contributed by atoms with E-state index in [-0.39, 0.29) is 11.7 Å². The molecule has 9 atom stereocenters. The van der Waals surface area contributed by atoms with Crippen LogP contribution in [0.2, 0.25) is 0 Å². The number of hydrogen-bond donors (Lipinski definition) is 1. The summed E-state index contributed by atoms with van der Waals surface area (Å²) in [5, 5.41) is 3.44. The summed E-state index contributed by atoms with van der Waals surface area (Å²) in [5.74, 6) is -4.84. The number of hydrogen-bond acceptors (Lipinski definition) is 15. The Morgan fingerprint density at radius 3 is 2.30 bits per heavy atom. The summed E-state index contributed by atoms with van der Waals surface area (Å²) in [5.41, 5.74) is 1.27. The van der Waals surface area contributed by atoms with Gasteiger partial charge in [-0.05, 0) is 6.42 Å². The first-order valence-electron chi connectivity index (χ1n) is 14.7. The van der Waals surface area contributed by atoms with Gasteiger partial charge in [-0.3, -0.25) is 24.5 Å². The quantitative estimate of drug-likeness (QED) is 0.202. The third kappa shape index (κ3) is 8.10. The average molecular weight is 650 g/mol. The predicted octanol–water partition coefficient (Wildman–Crippen LogP) is 0.849. The van der Waals surface area contributed by atoms with Crippen molar-refractivity contribution in [3.63, 3.8) is 0 Å². The molecule has 16 nitrogen and oxygen atoms in total. The molecular weight excluding hydrogens is 610 g/mol. The Bertz CT molecular complexity index is 1340. The molecule has 0 bridgehead atoms. The van der Waals surface area contributed by atoms with E-state index in [9.17, 15) is 24.0 Å². The molecule has 0 aliphatic carbocycles. The normalized spacial score (nSPS) is 30.4. The highest BCUT2D eigenvalue weighted by atomic mass is 16.8. The Hall–Kier alpha value is -4.28. The summed E-state index contributed by atoms with van der Waals surface area (Å²) in [4.78, 5) is 65.3. The van der Waals surface area contributed by atoms with Crippen molar-refractivity contribution in [2.75, 3.05) is 20.3 Å². The molecule has 1 aromatic heterocycles. The van der Waals surface area contributed by atoms with Crippen molar-refractivity contribution in [1.29, 1.82) is 0 Å². The molecule has 0 saturated carbocycles. The van der Waals surface area contributed by atoms with Gasteiger partial charge in [-0.2, -0.15) is 0 Å². The van der Waals surface area contributed by atoms with Gasteiger partial charge < -0.3 is 42.5 Å². The molecule has 3 aliphatic heterocycles. The third-order valence-electron chi connectivity index (χ3n) is 7.74. The van der Waals surface area contributed by atoms with Crippen LogP contribution >= 0.6 is 0 Å². The van der Waals surface area contributed by atoms with Gasteiger partial charge in [0.2, 0.25) is 12.6 Å². The van der Waals surface area contributed by atoms with Gasteiger partial charge >= 0.3 is 29.8 Å². The number of nitrogens with zero attached hydrogens (tertiary/aromatic N) is 2. The SMILES string of the molecule is C=C[C@H]1[C@H](O[C@@H]2O[C@H](COC(C)=O)[C@@H](OC(C)=O)[C@H](OC(C)=O)[C@H]2OC(C)=O)OC=C(C(=O)OC)[C@H]1C[C@@H]1NCCc2cncn21. The summed E-state index contributed by atoms with van der Waals surface area (Å²) in [6.07, 6.45) is -0.934. The van der Waals surface area contributed by atoms with E-state index < -0.39 is 85.3 Å². The van der Waals surface area contributed by atoms with Crippen molar-refractivity contribution >= 4 is 29.8 Å². The zero-order chi connectivity index (χ0) is 33.5. The van der Waals surface area contributed by atoms with Gasteiger partial charge in [-0.15, -0.1) is 6.58 Å². The number of esters is 5. The monoisotopic (exact) mass is 649 g/mol. The van der Waals surface area contributed by atoms with Crippen LogP contribution in [0, 0.1) is 11.8 Å². The topological polar surface area (TPSA) is 189 Å². The van der Waals surface area contributed by atoms with Crippen LogP contribution in [-0.2, 0) is 68.3 Å². The van der Waals surface area contributed by atoms with Gasteiger partial charge in [0.15, 0.2) is 18.3 Å². The van der Waals surface area contributed by atoms with Crippen LogP contribution < -0.4 is 5.32 Å². The van der Waals surface area contributed by atoms with Gasteiger partial charge in [0.25, 0.3) is 0 Å². The van der Waals surface area contributed by atoms with E-state index in [0.717, 1.165) is 32.9 Å². The largest absolute Gasteiger partial charge is 0.471 e. The second kappa shape index (κ2) is 15.3. The number of imidazole rings is 1. The molecule has 16 heteroatoms. The average Bonchev–Trinajstić information content (AvgIpc) is 3.48. The molecule has 1 aromatic rings. The summed E-state index contributed by atoms with van der Waals surface area (Å²) >= 11 is 0. The fraction of sp³-hybridized carbons (Fsp3) is 0.600. The van der Waals surface area contributed by atoms with E-state index in [1.165, 1.54) is 20.3 Å². The van der Waals surface area contributed by atoms with Crippen molar-refractivity contribution in [2.45, 2.75) is 83.7 Å². The van der Waals surface area contributed by atoms with Gasteiger partial charge in [0.05, 0.1) is 31.4 Å². The molecular formula is C30H39N3O13. The van der Waals surface area contributed by atoms with E-state index >= 15 is 0 Å². The molecule has 0 radical (unpaired) electrons. The maximum absolute atomic E-state index is 12.9. The molecule has 0 spiro atoms. The van der Waals surface area contributed by atoms with E-state index in [4.69, 9.17) is 37.9 Å². The van der Waals surface area contributed by atoms with Crippen LogP contribution in [-0.4, -0.2) is 96.7 Å². The third-order valence-corrected chi connectivity index (χ3v) is 7.74. The Kier molecular flexibility index (Phi) is 11.5. The molecule has 4 rings (SSSR count). The lowest BCUT2D eigenvalue weighted by Crippen LogP contribution is -2.63. The van der Waals surface area contributed by atoms with Gasteiger partial charge in [-0.1, -0.05) is 6.08 Å². The first-order chi connectivity index (χ1) is 21.9. The predicted molar refractivity (Wildman–Crippen MR) is 153 cm³/mol. The van der Waals surface area contributed by atoms with E-state index in [0.29, 0.717) is 13.0 Å². The number of methoxy groups -OCH3 is 1. The number of nitrogens with one attached hydrogen (secondary N) is 1. The number of carbonyl (C=O) groups is 5. The van der Waals surface area contributed by atoms with Crippen LogP contribution in [0.25, 0.3) is 0 Å². The maximum Gasteiger partial charge on any atom is 0.337 e. The second-order valence-electron chi connectivity index (χ2n) is 10.9. The molecule has 0 amide bonds. The first-order valence-corrected chi connectivity index (χ1v) is 14.7. The van der Waals surface area contributed by atoms with Crippen LogP contribution in [0.3, 0.4) is 0 Å². The highest BCUT2D eigenvalue weighted by Crippen LogP contribution is 2.40. The van der Waals surface area contributed by atoms with E-state index in [1.54, 1.807) is 18.6 Å². The lowest BCUT2D eigenvalue weighted by molar-refractivity contribution is -0.342. The minimum absolute atomic E-state index is 0.239. The Morgan fingerprint density at radius 2 is 1.67 bits per heavy atom. The van der Waals surface area contributed by atoms with Crippen LogP contribution in [0.1, 0.15) is 46.0 Å². The number of fused-ring (bicyclic) bond motifs is 1. The lowest BCUT2D eigenvalue weighted by Gasteiger charge is -2.46. The lowest BCUT2D eigenvalue weighted by atomic mass is 9.80. The number of ether oxygens (including phenoxy) is 8. The molecule has 252 valence electrons. The molecule has 4 heterocycles. The minimum Gasteiger partial charge on any atom is -0.471 e. The number of carbonyl (C=O) groups excluding carboxylic acids is 5. The molecule has 1 saturated heterocycles. The fourth-order valence-corrected chi connectivity index (χ4v) is 5.85. The van der Waals surface area contributed by atoms with E-state index in [1.807, 2.05) is 4.57 Å². The molecule has 1 N–H and O–H groups in total. The summed E-state index contributed by atoms with van der Waals surface area (Å²) < 4.78 is 46.9. The highest BCUT2D eigenvalue weighted by Gasteiger charge is 2.54. The molecule has 0 aromatic carbocycles. The van der Waals surface area contributed by atoms with Gasteiger partial charge in [0, 0.05) is 64.4 Å². The fourth-order valence-electron chi connectivity index (χ4n) is 5.85.